The maximum Gasteiger partial charge on any atom is 0.137 e. The second kappa shape index (κ2) is 9.73. The molecule has 0 saturated heterocycles. The highest BCUT2D eigenvalue weighted by atomic mass is 79.9. The van der Waals surface area contributed by atoms with Crippen molar-refractivity contribution < 1.29 is 9.47 Å². The molecule has 1 N–H and O–H groups in total. The van der Waals surface area contributed by atoms with Crippen molar-refractivity contribution in [1.82, 2.24) is 10.2 Å². The van der Waals surface area contributed by atoms with Gasteiger partial charge < -0.3 is 19.7 Å². The average Bonchev–Trinajstić information content (AvgIpc) is 2.40. The molecule has 0 aliphatic rings. The van der Waals surface area contributed by atoms with Gasteiger partial charge in [-0.05, 0) is 35.1 Å². The van der Waals surface area contributed by atoms with Gasteiger partial charge in [-0.25, -0.2) is 0 Å². The Balaban J connectivity index is 2.42. The van der Waals surface area contributed by atoms with Crippen LogP contribution in [-0.4, -0.2) is 52.4 Å². The Bertz CT molecular complexity index is 416. The van der Waals surface area contributed by atoms with Crippen LogP contribution in [0.1, 0.15) is 5.56 Å². The lowest BCUT2D eigenvalue weighted by Gasteiger charge is -2.17. The van der Waals surface area contributed by atoms with Crippen LogP contribution in [0.5, 0.6) is 5.75 Å². The molecule has 114 valence electrons. The molecule has 20 heavy (non-hydrogen) atoms. The van der Waals surface area contributed by atoms with Gasteiger partial charge in [-0.3, -0.25) is 0 Å². The van der Waals surface area contributed by atoms with E-state index >= 15 is 0 Å². The van der Waals surface area contributed by atoms with E-state index in [1.54, 1.807) is 14.2 Å². The molecular weight excluding hydrogens is 388 g/mol. The van der Waals surface area contributed by atoms with E-state index in [2.05, 4.69) is 55.2 Å². The maximum absolute atomic E-state index is 5.43. The van der Waals surface area contributed by atoms with Crippen molar-refractivity contribution in [2.24, 2.45) is 0 Å². The van der Waals surface area contributed by atoms with E-state index < -0.39 is 0 Å². The number of hydrogen-bond acceptors (Lipinski definition) is 4. The van der Waals surface area contributed by atoms with Crippen molar-refractivity contribution in [1.29, 1.82) is 0 Å². The summed E-state index contributed by atoms with van der Waals surface area (Å²) in [6.45, 7) is 4.40. The number of methoxy groups -OCH3 is 2. The highest BCUT2D eigenvalue weighted by Crippen LogP contribution is 2.32. The largest absolute Gasteiger partial charge is 0.495 e. The molecule has 1 aromatic carbocycles. The molecule has 6 heteroatoms. The first-order valence-electron chi connectivity index (χ1n) is 6.48. The molecule has 0 aliphatic heterocycles. The molecule has 4 nitrogen and oxygen atoms in total. The minimum absolute atomic E-state index is 0.767. The van der Waals surface area contributed by atoms with Crippen LogP contribution in [0.4, 0.5) is 0 Å². The molecule has 1 aromatic rings. The van der Waals surface area contributed by atoms with E-state index in [1.165, 1.54) is 0 Å². The van der Waals surface area contributed by atoms with Crippen molar-refractivity contribution in [3.8, 4) is 5.75 Å². The number of hydrogen-bond donors (Lipinski definition) is 1. The molecule has 0 bridgehead atoms. The van der Waals surface area contributed by atoms with E-state index in [0.29, 0.717) is 0 Å². The van der Waals surface area contributed by atoms with E-state index in [0.717, 1.165) is 53.0 Å². The smallest absolute Gasteiger partial charge is 0.137 e. The van der Waals surface area contributed by atoms with Gasteiger partial charge in [0.05, 0.1) is 18.2 Å². The van der Waals surface area contributed by atoms with Crippen molar-refractivity contribution in [2.45, 2.75) is 6.54 Å². The number of nitrogens with one attached hydrogen (secondary N) is 1. The van der Waals surface area contributed by atoms with Gasteiger partial charge in [0.1, 0.15) is 5.75 Å². The quantitative estimate of drug-likeness (QED) is 0.636. The Kier molecular flexibility index (Phi) is 8.72. The van der Waals surface area contributed by atoms with Gasteiger partial charge in [-0.2, -0.15) is 0 Å². The Hall–Kier alpha value is -0.140. The number of benzene rings is 1. The third-order valence-electron chi connectivity index (χ3n) is 2.95. The predicted molar refractivity (Wildman–Crippen MR) is 89.5 cm³/mol. The molecule has 0 atom stereocenters. The first kappa shape index (κ1) is 17.9. The Morgan fingerprint density at radius 3 is 2.60 bits per heavy atom. The van der Waals surface area contributed by atoms with Crippen LogP contribution < -0.4 is 10.1 Å². The predicted octanol–water partition coefficient (Wildman–Crippen LogP) is 2.89. The highest BCUT2D eigenvalue weighted by Gasteiger charge is 2.09. The van der Waals surface area contributed by atoms with Crippen LogP contribution >= 0.6 is 31.9 Å². The van der Waals surface area contributed by atoms with Crippen LogP contribution in [0.25, 0.3) is 0 Å². The third kappa shape index (κ3) is 6.10. The summed E-state index contributed by atoms with van der Waals surface area (Å²) in [5.74, 6) is 0.883. The number of rotatable bonds is 9. The zero-order valence-electron chi connectivity index (χ0n) is 12.2. The fourth-order valence-electron chi connectivity index (χ4n) is 1.83. The van der Waals surface area contributed by atoms with Crippen molar-refractivity contribution >= 4 is 31.9 Å². The van der Waals surface area contributed by atoms with Crippen LogP contribution in [0.3, 0.4) is 0 Å². The molecular formula is C14H22Br2N2O2. The standard InChI is InChI=1S/C14H22Br2N2O2/c1-18(6-7-19-2)5-4-17-10-11-8-12(15)9-13(16)14(11)20-3/h8-9,17H,4-7,10H2,1-3H3. The summed E-state index contributed by atoms with van der Waals surface area (Å²) in [6.07, 6.45) is 0. The molecule has 0 heterocycles. The second-order valence-corrected chi connectivity index (χ2v) is 6.32. The van der Waals surface area contributed by atoms with E-state index in [-0.39, 0.29) is 0 Å². The molecule has 0 spiro atoms. The van der Waals surface area contributed by atoms with Gasteiger partial charge in [-0.1, -0.05) is 15.9 Å². The van der Waals surface area contributed by atoms with Gasteiger partial charge in [0.25, 0.3) is 0 Å². The Morgan fingerprint density at radius 2 is 1.95 bits per heavy atom. The first-order valence-corrected chi connectivity index (χ1v) is 8.07. The number of ether oxygens (including phenoxy) is 2. The van der Waals surface area contributed by atoms with Crippen LogP contribution in [-0.2, 0) is 11.3 Å². The average molecular weight is 410 g/mol. The summed E-state index contributed by atoms with van der Waals surface area (Å²) in [7, 11) is 5.51. The molecule has 0 unspecified atom stereocenters. The van der Waals surface area contributed by atoms with Gasteiger partial charge in [-0.15, -0.1) is 0 Å². The highest BCUT2D eigenvalue weighted by molar-refractivity contribution is 9.11. The Labute approximate surface area is 138 Å². The van der Waals surface area contributed by atoms with Gasteiger partial charge >= 0.3 is 0 Å². The summed E-state index contributed by atoms with van der Waals surface area (Å²) in [5.41, 5.74) is 1.13. The van der Waals surface area contributed by atoms with Gasteiger partial charge in [0.2, 0.25) is 0 Å². The summed E-state index contributed by atoms with van der Waals surface area (Å²) in [6, 6.07) is 4.06. The fraction of sp³-hybridized carbons (Fsp3) is 0.571. The van der Waals surface area contributed by atoms with E-state index in [1.807, 2.05) is 6.07 Å². The molecule has 0 radical (unpaired) electrons. The van der Waals surface area contributed by atoms with Crippen molar-refractivity contribution in [2.75, 3.05) is 47.5 Å². The van der Waals surface area contributed by atoms with Crippen LogP contribution in [0.2, 0.25) is 0 Å². The SMILES string of the molecule is COCCN(C)CCNCc1cc(Br)cc(Br)c1OC. The lowest BCUT2D eigenvalue weighted by molar-refractivity contribution is 0.161. The fourth-order valence-corrected chi connectivity index (χ4v) is 3.30. The zero-order chi connectivity index (χ0) is 15.0. The second-order valence-electron chi connectivity index (χ2n) is 4.55. The van der Waals surface area contributed by atoms with Crippen LogP contribution in [0, 0.1) is 0 Å². The molecule has 0 fully saturated rings. The number of likely N-dealkylation sites (N-methyl/N-ethyl adjacent to an activating group) is 1. The minimum Gasteiger partial charge on any atom is -0.495 e. The Morgan fingerprint density at radius 1 is 1.20 bits per heavy atom. The molecule has 0 amide bonds. The maximum atomic E-state index is 5.43. The monoisotopic (exact) mass is 408 g/mol. The normalized spacial score (nSPS) is 11.1. The van der Waals surface area contributed by atoms with Crippen LogP contribution in [0.15, 0.2) is 21.1 Å². The molecule has 0 aromatic heterocycles. The minimum atomic E-state index is 0.767. The molecule has 0 aliphatic carbocycles. The van der Waals surface area contributed by atoms with Gasteiger partial charge in [0, 0.05) is 43.3 Å². The lowest BCUT2D eigenvalue weighted by atomic mass is 10.2. The van der Waals surface area contributed by atoms with E-state index in [4.69, 9.17) is 9.47 Å². The lowest BCUT2D eigenvalue weighted by Crippen LogP contribution is -2.31. The van der Waals surface area contributed by atoms with Crippen molar-refractivity contribution in [3.63, 3.8) is 0 Å². The first-order chi connectivity index (χ1) is 9.58. The molecule has 0 saturated carbocycles. The summed E-state index contributed by atoms with van der Waals surface area (Å²) < 4.78 is 12.5. The summed E-state index contributed by atoms with van der Waals surface area (Å²) in [4.78, 5) is 2.24. The zero-order valence-corrected chi connectivity index (χ0v) is 15.4. The summed E-state index contributed by atoms with van der Waals surface area (Å²) >= 11 is 7.02. The molecule has 1 rings (SSSR count). The summed E-state index contributed by atoms with van der Waals surface area (Å²) in [5, 5.41) is 3.43. The van der Waals surface area contributed by atoms with E-state index in [9.17, 15) is 0 Å². The topological polar surface area (TPSA) is 33.7 Å². The number of halogens is 2. The van der Waals surface area contributed by atoms with Gasteiger partial charge in [0.15, 0.2) is 0 Å². The number of nitrogens with zero attached hydrogens (tertiary/aromatic N) is 1. The van der Waals surface area contributed by atoms with Crippen molar-refractivity contribution in [3.05, 3.63) is 26.6 Å². The third-order valence-corrected chi connectivity index (χ3v) is 4.00.